The summed E-state index contributed by atoms with van der Waals surface area (Å²) in [6.07, 6.45) is 10.0. The van der Waals surface area contributed by atoms with Gasteiger partial charge in [-0.3, -0.25) is 0 Å². The van der Waals surface area contributed by atoms with Gasteiger partial charge in [0.25, 0.3) is 0 Å². The number of hydrogen-bond donors (Lipinski definition) is 0. The van der Waals surface area contributed by atoms with Crippen molar-refractivity contribution in [2.24, 2.45) is 25.9 Å². The van der Waals surface area contributed by atoms with Gasteiger partial charge in [0, 0.05) is 30.1 Å². The Morgan fingerprint density at radius 1 is 1.03 bits per heavy atom. The Labute approximate surface area is 182 Å². The number of rotatable bonds is 1. The van der Waals surface area contributed by atoms with Crippen LogP contribution in [-0.4, -0.2) is 4.57 Å². The molecule has 0 spiro atoms. The summed E-state index contributed by atoms with van der Waals surface area (Å²) < 4.78 is 11.3. The second-order valence-corrected chi connectivity index (χ2v) is 10.3. The molecule has 2 fully saturated rings. The molecule has 2 saturated carbocycles. The lowest BCUT2D eigenvalue weighted by molar-refractivity contribution is -0.642. The van der Waals surface area contributed by atoms with Crippen molar-refractivity contribution in [1.82, 2.24) is 4.57 Å². The maximum atomic E-state index is 6.80. The molecule has 7 rings (SSSR count). The molecule has 2 aromatic carbocycles. The van der Waals surface area contributed by atoms with E-state index in [1.165, 1.54) is 75.0 Å². The van der Waals surface area contributed by atoms with E-state index < -0.39 is 0 Å². The summed E-state index contributed by atoms with van der Waals surface area (Å²) in [5, 5.41) is 5.16. The zero-order valence-corrected chi connectivity index (χ0v) is 18.8. The smallest absolute Gasteiger partial charge is 0.219 e. The predicted molar refractivity (Wildman–Crippen MR) is 127 cm³/mol. The third-order valence-corrected chi connectivity index (χ3v) is 8.61. The number of pyridine rings is 1. The maximum Gasteiger partial charge on any atom is 0.219 e. The summed E-state index contributed by atoms with van der Waals surface area (Å²) in [5.41, 5.74) is 8.68. The second kappa shape index (κ2) is 5.91. The van der Waals surface area contributed by atoms with E-state index in [1.807, 2.05) is 0 Å². The van der Waals surface area contributed by atoms with Crippen molar-refractivity contribution in [2.45, 2.75) is 45.4 Å². The third kappa shape index (κ3) is 2.22. The molecule has 31 heavy (non-hydrogen) atoms. The topological polar surface area (TPSA) is 21.9 Å². The summed E-state index contributed by atoms with van der Waals surface area (Å²) in [6.45, 7) is 4.46. The molecule has 0 radical (unpaired) electrons. The van der Waals surface area contributed by atoms with E-state index in [1.54, 1.807) is 0 Å². The highest BCUT2D eigenvalue weighted by Gasteiger charge is 2.40. The second-order valence-electron chi connectivity index (χ2n) is 10.3. The SMILES string of the molecule is Cc1c2cc[n+](C)c2c(C)c2oc3cc(C4CC5CCC4C5)cc4ccn(C)c(c12)c43. The minimum absolute atomic E-state index is 0.708. The first kappa shape index (κ1) is 17.8. The Kier molecular flexibility index (Phi) is 3.40. The number of aryl methyl sites for hydroxylation is 4. The molecular weight excluding hydrogens is 380 g/mol. The molecule has 3 heterocycles. The van der Waals surface area contributed by atoms with Crippen LogP contribution in [0, 0.1) is 25.7 Å². The van der Waals surface area contributed by atoms with E-state index in [9.17, 15) is 0 Å². The zero-order chi connectivity index (χ0) is 21.0. The van der Waals surface area contributed by atoms with Gasteiger partial charge in [0.1, 0.15) is 18.2 Å². The van der Waals surface area contributed by atoms with E-state index in [-0.39, 0.29) is 0 Å². The quantitative estimate of drug-likeness (QED) is 0.174. The fraction of sp³-hybridized carbons (Fsp3) is 0.393. The molecule has 3 heteroatoms. The molecule has 5 aromatic rings. The summed E-state index contributed by atoms with van der Waals surface area (Å²) in [5.74, 6) is 2.53. The van der Waals surface area contributed by atoms with Crippen LogP contribution >= 0.6 is 0 Å². The Morgan fingerprint density at radius 2 is 1.90 bits per heavy atom. The Bertz CT molecular complexity index is 1550. The van der Waals surface area contributed by atoms with Gasteiger partial charge in [-0.05, 0) is 79.5 Å². The van der Waals surface area contributed by atoms with Crippen LogP contribution in [0.1, 0.15) is 48.3 Å². The first-order chi connectivity index (χ1) is 15.0. The maximum absolute atomic E-state index is 6.80. The minimum Gasteiger partial charge on any atom is -0.455 e. The summed E-state index contributed by atoms with van der Waals surface area (Å²) in [4.78, 5) is 0. The number of benzene rings is 2. The van der Waals surface area contributed by atoms with Crippen LogP contribution in [0.3, 0.4) is 0 Å². The van der Waals surface area contributed by atoms with Crippen LogP contribution < -0.4 is 4.57 Å². The number of aromatic nitrogens is 2. The standard InChI is InChI=1S/C28H29N2O/c1-15-21-8-10-29(3)26(21)16(2)28-24(15)27-25-19(7-9-30(27)4)13-20(14-23(25)31-28)22-12-17-5-6-18(22)11-17/h7-10,13-14,17-18,22H,5-6,11-12H2,1-4H3/q+1. The van der Waals surface area contributed by atoms with Crippen LogP contribution in [0.2, 0.25) is 0 Å². The molecule has 3 nitrogen and oxygen atoms in total. The lowest BCUT2D eigenvalue weighted by Crippen LogP contribution is -2.25. The van der Waals surface area contributed by atoms with Gasteiger partial charge in [-0.2, -0.15) is 0 Å². The van der Waals surface area contributed by atoms with Gasteiger partial charge < -0.3 is 8.98 Å². The fourth-order valence-electron chi connectivity index (χ4n) is 7.16. The van der Waals surface area contributed by atoms with Gasteiger partial charge in [-0.25, -0.2) is 4.57 Å². The first-order valence-corrected chi connectivity index (χ1v) is 11.7. The molecule has 2 bridgehead atoms. The van der Waals surface area contributed by atoms with Gasteiger partial charge in [0.15, 0.2) is 6.20 Å². The Balaban J connectivity index is 1.63. The van der Waals surface area contributed by atoms with E-state index in [2.05, 4.69) is 73.7 Å². The van der Waals surface area contributed by atoms with E-state index >= 15 is 0 Å². The average Bonchev–Trinajstić information content (AvgIpc) is 3.49. The van der Waals surface area contributed by atoms with Gasteiger partial charge >= 0.3 is 0 Å². The molecule has 156 valence electrons. The van der Waals surface area contributed by atoms with Gasteiger partial charge in [0.2, 0.25) is 5.52 Å². The molecule has 3 atom stereocenters. The molecule has 0 amide bonds. The average molecular weight is 410 g/mol. The van der Waals surface area contributed by atoms with Crippen molar-refractivity contribution in [3.63, 3.8) is 0 Å². The highest BCUT2D eigenvalue weighted by molar-refractivity contribution is 6.19. The van der Waals surface area contributed by atoms with Crippen LogP contribution in [0.25, 0.3) is 43.7 Å². The third-order valence-electron chi connectivity index (χ3n) is 8.61. The summed E-state index contributed by atoms with van der Waals surface area (Å²) >= 11 is 0. The van der Waals surface area contributed by atoms with Crippen molar-refractivity contribution < 1.29 is 8.98 Å². The molecular formula is C28H29N2O+. The molecule has 3 aromatic heterocycles. The molecule has 0 saturated heterocycles. The largest absolute Gasteiger partial charge is 0.455 e. The summed E-state index contributed by atoms with van der Waals surface area (Å²) in [7, 11) is 4.30. The van der Waals surface area contributed by atoms with Crippen molar-refractivity contribution in [3.05, 3.63) is 53.3 Å². The van der Waals surface area contributed by atoms with E-state index in [0.717, 1.165) is 23.0 Å². The summed E-state index contributed by atoms with van der Waals surface area (Å²) in [6, 6.07) is 9.36. The highest BCUT2D eigenvalue weighted by atomic mass is 16.3. The van der Waals surface area contributed by atoms with E-state index in [0.29, 0.717) is 5.92 Å². The lowest BCUT2D eigenvalue weighted by atomic mass is 9.82. The Hall–Kier alpha value is -2.81. The molecule has 0 N–H and O–H groups in total. The molecule has 0 aliphatic heterocycles. The highest BCUT2D eigenvalue weighted by Crippen LogP contribution is 2.53. The van der Waals surface area contributed by atoms with Crippen molar-refractivity contribution in [3.8, 4) is 0 Å². The van der Waals surface area contributed by atoms with Crippen LogP contribution in [-0.2, 0) is 14.1 Å². The van der Waals surface area contributed by atoms with Crippen LogP contribution in [0.4, 0.5) is 0 Å². The normalized spacial score (nSPS) is 23.3. The van der Waals surface area contributed by atoms with Gasteiger partial charge in [0.05, 0.1) is 16.5 Å². The predicted octanol–water partition coefficient (Wildman–Crippen LogP) is 6.58. The van der Waals surface area contributed by atoms with Gasteiger partial charge in [-0.15, -0.1) is 0 Å². The number of hydrogen-bond acceptors (Lipinski definition) is 1. The van der Waals surface area contributed by atoms with Crippen LogP contribution in [0.15, 0.2) is 41.1 Å². The van der Waals surface area contributed by atoms with Crippen LogP contribution in [0.5, 0.6) is 0 Å². The van der Waals surface area contributed by atoms with Crippen molar-refractivity contribution >= 4 is 43.7 Å². The van der Waals surface area contributed by atoms with Crippen molar-refractivity contribution in [2.75, 3.05) is 0 Å². The molecule has 3 unspecified atom stereocenters. The number of nitrogens with zero attached hydrogens (tertiary/aromatic N) is 2. The monoisotopic (exact) mass is 409 g/mol. The lowest BCUT2D eigenvalue weighted by Gasteiger charge is -2.23. The van der Waals surface area contributed by atoms with E-state index in [4.69, 9.17) is 4.42 Å². The first-order valence-electron chi connectivity index (χ1n) is 11.7. The minimum atomic E-state index is 0.708. The fourth-order valence-corrected chi connectivity index (χ4v) is 7.16. The molecule has 2 aliphatic carbocycles. The zero-order valence-electron chi connectivity index (χ0n) is 18.8. The molecule has 2 aliphatic rings. The van der Waals surface area contributed by atoms with Gasteiger partial charge in [-0.1, -0.05) is 12.5 Å². The van der Waals surface area contributed by atoms with Crippen molar-refractivity contribution in [1.29, 1.82) is 0 Å². The number of fused-ring (bicyclic) bond motifs is 5. The Morgan fingerprint density at radius 3 is 2.68 bits per heavy atom.